The number of carbonyl (C=O) groups is 1. The summed E-state index contributed by atoms with van der Waals surface area (Å²) in [4.78, 5) is 13.9. The van der Waals surface area contributed by atoms with Crippen molar-refractivity contribution in [1.29, 1.82) is 0 Å². The minimum atomic E-state index is -3.29. The molecule has 0 heterocycles. The molecule has 0 aliphatic carbocycles. The largest absolute Gasteiger partial charge is 0.443 e. The van der Waals surface area contributed by atoms with Crippen LogP contribution in [0.1, 0.15) is 26.3 Å². The molecule has 7 heteroatoms. The summed E-state index contributed by atoms with van der Waals surface area (Å²) in [6.45, 7) is 5.87. The summed E-state index contributed by atoms with van der Waals surface area (Å²) in [5.74, 6) is 0. The van der Waals surface area contributed by atoms with E-state index >= 15 is 0 Å². The van der Waals surface area contributed by atoms with Crippen molar-refractivity contribution in [2.75, 3.05) is 14.1 Å². The molecule has 0 saturated carbocycles. The SMILES string of the molecule is CN(C)Cc1ccc(S(N)(=O)=NC(=O)OC(C)(C)C)cc1. The number of nitrogens with zero attached hydrogens (tertiary/aromatic N) is 2. The molecule has 1 rings (SSSR count). The second kappa shape index (κ2) is 6.55. The summed E-state index contributed by atoms with van der Waals surface area (Å²) in [5.41, 5.74) is 0.349. The van der Waals surface area contributed by atoms with Gasteiger partial charge in [0.05, 0.1) is 4.90 Å². The van der Waals surface area contributed by atoms with Crippen molar-refractivity contribution in [2.45, 2.75) is 37.8 Å². The Kier molecular flexibility index (Phi) is 5.49. The van der Waals surface area contributed by atoms with Gasteiger partial charge in [-0.2, -0.15) is 0 Å². The van der Waals surface area contributed by atoms with Gasteiger partial charge in [-0.3, -0.25) is 0 Å². The number of rotatable bonds is 3. The molecule has 0 aliphatic heterocycles. The maximum atomic E-state index is 12.3. The molecule has 0 radical (unpaired) electrons. The van der Waals surface area contributed by atoms with Crippen LogP contribution in [0.15, 0.2) is 33.5 Å². The van der Waals surface area contributed by atoms with Crippen molar-refractivity contribution < 1.29 is 13.7 Å². The zero-order chi connectivity index (χ0) is 16.3. The molecule has 0 bridgehead atoms. The lowest BCUT2D eigenvalue weighted by atomic mass is 10.2. The second-order valence-corrected chi connectivity index (χ2v) is 7.81. The van der Waals surface area contributed by atoms with Crippen LogP contribution in [-0.4, -0.2) is 34.9 Å². The molecule has 1 unspecified atom stereocenters. The van der Waals surface area contributed by atoms with Crippen LogP contribution in [0, 0.1) is 0 Å². The van der Waals surface area contributed by atoms with Gasteiger partial charge in [-0.05, 0) is 52.6 Å². The Balaban J connectivity index is 2.97. The normalized spacial score (nSPS) is 14.6. The van der Waals surface area contributed by atoms with Gasteiger partial charge in [0.2, 0.25) is 0 Å². The topological polar surface area (TPSA) is 85.0 Å². The second-order valence-electron chi connectivity index (χ2n) is 6.02. The Morgan fingerprint density at radius 2 is 1.81 bits per heavy atom. The lowest BCUT2D eigenvalue weighted by molar-refractivity contribution is 0.0607. The van der Waals surface area contributed by atoms with Gasteiger partial charge in [0.1, 0.15) is 15.5 Å². The summed E-state index contributed by atoms with van der Waals surface area (Å²) in [6.07, 6.45) is -0.924. The molecule has 1 amide bonds. The standard InChI is InChI=1S/C14H23N3O3S/c1-14(2,3)20-13(18)16-21(15,19)12-8-6-11(7-9-12)10-17(4)5/h6-9H,10H2,1-5H3,(H2,15,16,18,19). The maximum Gasteiger partial charge on any atom is 0.443 e. The smallest absolute Gasteiger partial charge is 0.442 e. The third-order valence-electron chi connectivity index (χ3n) is 2.36. The molecule has 0 saturated heterocycles. The van der Waals surface area contributed by atoms with Crippen LogP contribution >= 0.6 is 0 Å². The van der Waals surface area contributed by atoms with Crippen molar-refractivity contribution in [1.82, 2.24) is 4.90 Å². The minimum absolute atomic E-state index is 0.302. The first-order chi connectivity index (χ1) is 9.49. The van der Waals surface area contributed by atoms with E-state index in [0.717, 1.165) is 12.1 Å². The molecule has 1 aromatic carbocycles. The Morgan fingerprint density at radius 3 is 2.24 bits per heavy atom. The van der Waals surface area contributed by atoms with Gasteiger partial charge in [0, 0.05) is 6.54 Å². The Bertz CT molecular complexity index is 609. The van der Waals surface area contributed by atoms with E-state index in [2.05, 4.69) is 4.36 Å². The van der Waals surface area contributed by atoms with E-state index in [-0.39, 0.29) is 0 Å². The molecule has 0 aromatic heterocycles. The number of ether oxygens (including phenoxy) is 1. The molecule has 2 N–H and O–H groups in total. The minimum Gasteiger partial charge on any atom is -0.442 e. The first kappa shape index (κ1) is 17.6. The fourth-order valence-electron chi connectivity index (χ4n) is 1.60. The first-order valence-corrected chi connectivity index (χ1v) is 8.09. The number of benzene rings is 1. The Labute approximate surface area is 126 Å². The average molecular weight is 313 g/mol. The quantitative estimate of drug-likeness (QED) is 0.928. The third kappa shape index (κ3) is 6.24. The highest BCUT2D eigenvalue weighted by molar-refractivity contribution is 7.91. The van der Waals surface area contributed by atoms with E-state index in [9.17, 15) is 9.00 Å². The van der Waals surface area contributed by atoms with Gasteiger partial charge in [-0.1, -0.05) is 12.1 Å². The van der Waals surface area contributed by atoms with Gasteiger partial charge >= 0.3 is 6.09 Å². The summed E-state index contributed by atoms with van der Waals surface area (Å²) >= 11 is 0. The van der Waals surface area contributed by atoms with E-state index in [4.69, 9.17) is 9.88 Å². The van der Waals surface area contributed by atoms with Crippen molar-refractivity contribution in [3.05, 3.63) is 29.8 Å². The van der Waals surface area contributed by atoms with Crippen molar-refractivity contribution in [2.24, 2.45) is 9.50 Å². The molecule has 0 fully saturated rings. The van der Waals surface area contributed by atoms with E-state index in [1.54, 1.807) is 32.9 Å². The van der Waals surface area contributed by atoms with E-state index in [1.807, 2.05) is 31.1 Å². The maximum absolute atomic E-state index is 12.3. The number of hydrogen-bond donors (Lipinski definition) is 1. The van der Waals surface area contributed by atoms with Crippen LogP contribution in [0.3, 0.4) is 0 Å². The molecular formula is C14H23N3O3S. The fourth-order valence-corrected chi connectivity index (χ4v) is 2.49. The predicted octanol–water partition coefficient (Wildman–Crippen LogP) is 2.38. The van der Waals surface area contributed by atoms with Gasteiger partial charge in [0.25, 0.3) is 0 Å². The van der Waals surface area contributed by atoms with Crippen LogP contribution in [-0.2, 0) is 21.2 Å². The highest BCUT2D eigenvalue weighted by Gasteiger charge is 2.18. The molecule has 0 aliphatic rings. The lowest BCUT2D eigenvalue weighted by Gasteiger charge is -2.17. The Morgan fingerprint density at radius 1 is 1.29 bits per heavy atom. The molecule has 0 spiro atoms. The number of nitrogens with two attached hydrogens (primary N) is 1. The number of amides is 1. The zero-order valence-electron chi connectivity index (χ0n) is 13.1. The molecule has 118 valence electrons. The molecular weight excluding hydrogens is 290 g/mol. The van der Waals surface area contributed by atoms with Crippen molar-refractivity contribution in [3.8, 4) is 0 Å². The van der Waals surface area contributed by atoms with Crippen molar-refractivity contribution >= 4 is 16.0 Å². The number of carbonyl (C=O) groups excluding carboxylic acids is 1. The third-order valence-corrected chi connectivity index (χ3v) is 3.73. The summed E-state index contributed by atoms with van der Waals surface area (Å²) < 4.78 is 20.8. The molecule has 21 heavy (non-hydrogen) atoms. The van der Waals surface area contributed by atoms with E-state index in [1.165, 1.54) is 0 Å². The number of hydrogen-bond acceptors (Lipinski definition) is 4. The van der Waals surface area contributed by atoms with Crippen LogP contribution in [0.25, 0.3) is 0 Å². The van der Waals surface area contributed by atoms with Gasteiger partial charge in [-0.15, -0.1) is 4.36 Å². The zero-order valence-corrected chi connectivity index (χ0v) is 13.9. The first-order valence-electron chi connectivity index (χ1n) is 6.51. The van der Waals surface area contributed by atoms with Gasteiger partial charge < -0.3 is 9.64 Å². The van der Waals surface area contributed by atoms with Crippen LogP contribution < -0.4 is 5.14 Å². The average Bonchev–Trinajstić information content (AvgIpc) is 2.24. The monoisotopic (exact) mass is 313 g/mol. The van der Waals surface area contributed by atoms with Crippen molar-refractivity contribution in [3.63, 3.8) is 0 Å². The summed E-state index contributed by atoms with van der Waals surface area (Å²) in [5, 5.41) is 5.66. The highest BCUT2D eigenvalue weighted by atomic mass is 32.2. The summed E-state index contributed by atoms with van der Waals surface area (Å²) in [7, 11) is 0.622. The molecule has 1 aromatic rings. The summed E-state index contributed by atoms with van der Waals surface area (Å²) in [6, 6.07) is 6.86. The molecule has 1 atom stereocenters. The van der Waals surface area contributed by atoms with E-state index in [0.29, 0.717) is 4.90 Å². The predicted molar refractivity (Wildman–Crippen MR) is 83.1 cm³/mol. The Hall–Kier alpha value is -1.44. The highest BCUT2D eigenvalue weighted by Crippen LogP contribution is 2.14. The van der Waals surface area contributed by atoms with E-state index < -0.39 is 21.6 Å². The fraction of sp³-hybridized carbons (Fsp3) is 0.500. The van der Waals surface area contributed by atoms with Crippen LogP contribution in [0.2, 0.25) is 0 Å². The molecule has 6 nitrogen and oxygen atoms in total. The van der Waals surface area contributed by atoms with Crippen LogP contribution in [0.5, 0.6) is 0 Å². The van der Waals surface area contributed by atoms with Gasteiger partial charge in [0.15, 0.2) is 0 Å². The van der Waals surface area contributed by atoms with Crippen LogP contribution in [0.4, 0.5) is 4.79 Å². The lowest BCUT2D eigenvalue weighted by Crippen LogP contribution is -2.24. The van der Waals surface area contributed by atoms with Gasteiger partial charge in [-0.25, -0.2) is 14.1 Å².